The van der Waals surface area contributed by atoms with Gasteiger partial charge in [0.05, 0.1) is 13.1 Å². The quantitative estimate of drug-likeness (QED) is 0.867. The van der Waals surface area contributed by atoms with Gasteiger partial charge >= 0.3 is 0 Å². The summed E-state index contributed by atoms with van der Waals surface area (Å²) in [6, 6.07) is 7.91. The van der Waals surface area contributed by atoms with Crippen LogP contribution in [0.5, 0.6) is 5.75 Å². The minimum Gasteiger partial charge on any atom is -0.492 e. The first-order valence-corrected chi connectivity index (χ1v) is 6.96. The van der Waals surface area contributed by atoms with Gasteiger partial charge < -0.3 is 15.0 Å². The first kappa shape index (κ1) is 16.5. The van der Waals surface area contributed by atoms with Crippen molar-refractivity contribution in [3.05, 3.63) is 29.8 Å². The Hall–Kier alpha value is -1.55. The highest BCUT2D eigenvalue weighted by atomic mass is 16.5. The fourth-order valence-electron chi connectivity index (χ4n) is 1.54. The highest BCUT2D eigenvalue weighted by Crippen LogP contribution is 2.11. The zero-order valence-corrected chi connectivity index (χ0v) is 13.2. The van der Waals surface area contributed by atoms with Gasteiger partial charge in [-0.05, 0) is 39.8 Å². The van der Waals surface area contributed by atoms with Crippen LogP contribution in [0.2, 0.25) is 0 Å². The van der Waals surface area contributed by atoms with Gasteiger partial charge in [-0.25, -0.2) is 0 Å². The Balaban J connectivity index is 2.27. The Morgan fingerprint density at radius 2 is 1.85 bits per heavy atom. The van der Waals surface area contributed by atoms with E-state index in [4.69, 9.17) is 4.74 Å². The van der Waals surface area contributed by atoms with Crippen LogP contribution in [0, 0.1) is 6.92 Å². The average molecular weight is 278 g/mol. The van der Waals surface area contributed by atoms with Crippen molar-refractivity contribution in [1.29, 1.82) is 0 Å². The Labute approximate surface area is 122 Å². The predicted octanol–water partition coefficient (Wildman–Crippen LogP) is 2.22. The molecule has 0 fully saturated rings. The van der Waals surface area contributed by atoms with Gasteiger partial charge in [-0.2, -0.15) is 0 Å². The Kier molecular flexibility index (Phi) is 6.02. The van der Waals surface area contributed by atoms with Crippen molar-refractivity contribution in [2.75, 3.05) is 26.7 Å². The number of rotatable bonds is 6. The van der Waals surface area contributed by atoms with E-state index in [9.17, 15) is 4.79 Å². The first-order chi connectivity index (χ1) is 9.28. The maximum atomic E-state index is 11.9. The molecule has 1 rings (SSSR count). The maximum Gasteiger partial charge on any atom is 0.236 e. The minimum atomic E-state index is -0.0467. The van der Waals surface area contributed by atoms with Crippen molar-refractivity contribution in [2.24, 2.45) is 0 Å². The van der Waals surface area contributed by atoms with Crippen LogP contribution in [0.4, 0.5) is 0 Å². The van der Waals surface area contributed by atoms with E-state index in [0.29, 0.717) is 19.7 Å². The van der Waals surface area contributed by atoms with Crippen LogP contribution in [-0.2, 0) is 4.79 Å². The number of aryl methyl sites for hydroxylation is 1. The molecule has 20 heavy (non-hydrogen) atoms. The molecule has 0 unspecified atom stereocenters. The summed E-state index contributed by atoms with van der Waals surface area (Å²) in [4.78, 5) is 13.6. The number of nitrogens with one attached hydrogen (secondary N) is 1. The van der Waals surface area contributed by atoms with Crippen LogP contribution in [0.15, 0.2) is 24.3 Å². The standard InChI is InChI=1S/C16H26N2O2/c1-13-6-8-14(9-7-13)20-11-10-18(5)15(19)12-17-16(2,3)4/h6-9,17H,10-12H2,1-5H3. The molecule has 1 amide bonds. The fraction of sp³-hybridized carbons (Fsp3) is 0.562. The van der Waals surface area contributed by atoms with E-state index in [0.717, 1.165) is 5.75 Å². The normalized spacial score (nSPS) is 11.2. The number of hydrogen-bond donors (Lipinski definition) is 1. The molecule has 1 aromatic carbocycles. The summed E-state index contributed by atoms with van der Waals surface area (Å²) in [5, 5.41) is 3.18. The summed E-state index contributed by atoms with van der Waals surface area (Å²) < 4.78 is 5.61. The third-order valence-corrected chi connectivity index (χ3v) is 2.91. The zero-order chi connectivity index (χ0) is 15.2. The predicted molar refractivity (Wildman–Crippen MR) is 82.1 cm³/mol. The van der Waals surface area contributed by atoms with Crippen LogP contribution in [0.1, 0.15) is 26.3 Å². The van der Waals surface area contributed by atoms with Crippen LogP contribution in [-0.4, -0.2) is 43.1 Å². The topological polar surface area (TPSA) is 41.6 Å². The monoisotopic (exact) mass is 278 g/mol. The Bertz CT molecular complexity index is 421. The van der Waals surface area contributed by atoms with Gasteiger partial charge in [0, 0.05) is 12.6 Å². The van der Waals surface area contributed by atoms with Gasteiger partial charge in [-0.3, -0.25) is 4.79 Å². The van der Waals surface area contributed by atoms with Crippen molar-refractivity contribution in [1.82, 2.24) is 10.2 Å². The lowest BCUT2D eigenvalue weighted by atomic mass is 10.1. The second kappa shape index (κ2) is 7.29. The lowest BCUT2D eigenvalue weighted by Gasteiger charge is -2.23. The molecule has 0 saturated carbocycles. The van der Waals surface area contributed by atoms with Crippen LogP contribution < -0.4 is 10.1 Å². The molecule has 0 radical (unpaired) electrons. The van der Waals surface area contributed by atoms with E-state index < -0.39 is 0 Å². The van der Waals surface area contributed by atoms with Crippen molar-refractivity contribution in [3.8, 4) is 5.75 Å². The maximum absolute atomic E-state index is 11.9. The third kappa shape index (κ3) is 6.57. The number of carbonyl (C=O) groups is 1. The van der Waals surface area contributed by atoms with E-state index in [1.54, 1.807) is 11.9 Å². The van der Waals surface area contributed by atoms with Gasteiger partial charge in [0.25, 0.3) is 0 Å². The molecule has 0 heterocycles. The van der Waals surface area contributed by atoms with Crippen molar-refractivity contribution >= 4 is 5.91 Å². The molecule has 0 atom stereocenters. The van der Waals surface area contributed by atoms with Crippen molar-refractivity contribution in [3.63, 3.8) is 0 Å². The fourth-order valence-corrected chi connectivity index (χ4v) is 1.54. The van der Waals surface area contributed by atoms with Gasteiger partial charge in [0.15, 0.2) is 0 Å². The summed E-state index contributed by atoms with van der Waals surface area (Å²) in [5.41, 5.74) is 1.16. The van der Waals surface area contributed by atoms with E-state index in [-0.39, 0.29) is 11.4 Å². The molecule has 0 saturated heterocycles. The van der Waals surface area contributed by atoms with E-state index in [2.05, 4.69) is 5.32 Å². The summed E-state index contributed by atoms with van der Waals surface area (Å²) >= 11 is 0. The molecule has 0 aliphatic rings. The van der Waals surface area contributed by atoms with Crippen LogP contribution in [0.25, 0.3) is 0 Å². The van der Waals surface area contributed by atoms with Crippen molar-refractivity contribution in [2.45, 2.75) is 33.2 Å². The second-order valence-corrected chi connectivity index (χ2v) is 6.08. The van der Waals surface area contributed by atoms with Gasteiger partial charge in [-0.15, -0.1) is 0 Å². The molecular weight excluding hydrogens is 252 g/mol. The minimum absolute atomic E-state index is 0.0467. The third-order valence-electron chi connectivity index (χ3n) is 2.91. The number of carbonyl (C=O) groups excluding carboxylic acids is 1. The summed E-state index contributed by atoms with van der Waals surface area (Å²) in [6.07, 6.45) is 0. The number of likely N-dealkylation sites (N-methyl/N-ethyl adjacent to an activating group) is 1. The lowest BCUT2D eigenvalue weighted by Crippen LogP contribution is -2.44. The zero-order valence-electron chi connectivity index (χ0n) is 13.2. The SMILES string of the molecule is Cc1ccc(OCCN(C)C(=O)CNC(C)(C)C)cc1. The lowest BCUT2D eigenvalue weighted by molar-refractivity contribution is -0.129. The summed E-state index contributed by atoms with van der Waals surface area (Å²) in [5.74, 6) is 0.914. The molecule has 1 N–H and O–H groups in total. The van der Waals surface area contributed by atoms with Gasteiger partial charge in [-0.1, -0.05) is 17.7 Å². The number of hydrogen-bond acceptors (Lipinski definition) is 3. The number of amides is 1. The van der Waals surface area contributed by atoms with Crippen LogP contribution >= 0.6 is 0 Å². The molecular formula is C16H26N2O2. The molecule has 112 valence electrons. The number of nitrogens with zero attached hydrogens (tertiary/aromatic N) is 1. The van der Waals surface area contributed by atoms with E-state index in [1.807, 2.05) is 52.0 Å². The molecule has 1 aromatic rings. The Morgan fingerprint density at radius 3 is 2.40 bits per heavy atom. The molecule has 0 aromatic heterocycles. The van der Waals surface area contributed by atoms with Crippen molar-refractivity contribution < 1.29 is 9.53 Å². The highest BCUT2D eigenvalue weighted by molar-refractivity contribution is 5.78. The molecule has 0 spiro atoms. The van der Waals surface area contributed by atoms with E-state index >= 15 is 0 Å². The number of ether oxygens (including phenoxy) is 1. The first-order valence-electron chi connectivity index (χ1n) is 6.96. The average Bonchev–Trinajstić information content (AvgIpc) is 2.37. The van der Waals surface area contributed by atoms with E-state index in [1.165, 1.54) is 5.56 Å². The summed E-state index contributed by atoms with van der Waals surface area (Å²) in [7, 11) is 1.80. The smallest absolute Gasteiger partial charge is 0.236 e. The molecule has 0 aliphatic heterocycles. The largest absolute Gasteiger partial charge is 0.492 e. The second-order valence-electron chi connectivity index (χ2n) is 6.08. The van der Waals surface area contributed by atoms with Gasteiger partial charge in [0.2, 0.25) is 5.91 Å². The molecule has 4 nitrogen and oxygen atoms in total. The summed E-state index contributed by atoms with van der Waals surface area (Å²) in [6.45, 7) is 9.60. The van der Waals surface area contributed by atoms with Gasteiger partial charge in [0.1, 0.15) is 12.4 Å². The highest BCUT2D eigenvalue weighted by Gasteiger charge is 2.14. The Morgan fingerprint density at radius 1 is 1.25 bits per heavy atom. The van der Waals surface area contributed by atoms with Crippen LogP contribution in [0.3, 0.4) is 0 Å². The molecule has 0 bridgehead atoms. The number of benzene rings is 1. The molecule has 4 heteroatoms. The molecule has 0 aliphatic carbocycles.